The Bertz CT molecular complexity index is 613. The number of nitrogens with one attached hydrogen (secondary N) is 1. The zero-order valence-electron chi connectivity index (χ0n) is 11.9. The molecule has 2 aliphatic rings. The lowest BCUT2D eigenvalue weighted by Crippen LogP contribution is -2.48. The van der Waals surface area contributed by atoms with E-state index in [0.29, 0.717) is 18.9 Å². The van der Waals surface area contributed by atoms with Crippen LogP contribution in [-0.4, -0.2) is 32.1 Å². The van der Waals surface area contributed by atoms with Crippen molar-refractivity contribution >= 4 is 9.84 Å². The first-order valence-electron chi connectivity index (χ1n) is 7.08. The van der Waals surface area contributed by atoms with E-state index in [1.807, 2.05) is 25.1 Å². The molecule has 3 rings (SSSR count). The molecule has 3 unspecified atom stereocenters. The molecular weight excluding hydrogens is 274 g/mol. The van der Waals surface area contributed by atoms with Crippen LogP contribution in [-0.2, 0) is 9.84 Å². The van der Waals surface area contributed by atoms with Crippen molar-refractivity contribution in [2.24, 2.45) is 5.92 Å². The van der Waals surface area contributed by atoms with Crippen molar-refractivity contribution in [3.63, 3.8) is 0 Å². The average Bonchev–Trinajstić information content (AvgIpc) is 2.67. The highest BCUT2D eigenvalue weighted by molar-refractivity contribution is 7.91. The van der Waals surface area contributed by atoms with Gasteiger partial charge in [-0.3, -0.25) is 0 Å². The quantitative estimate of drug-likeness (QED) is 0.906. The number of hydrogen-bond acceptors (Lipinski definition) is 4. The van der Waals surface area contributed by atoms with Crippen LogP contribution in [0.4, 0.5) is 0 Å². The molecule has 3 atom stereocenters. The van der Waals surface area contributed by atoms with Crippen molar-refractivity contribution in [2.75, 3.05) is 18.1 Å². The topological polar surface area (TPSA) is 55.4 Å². The van der Waals surface area contributed by atoms with Crippen LogP contribution < -0.4 is 10.1 Å². The van der Waals surface area contributed by atoms with Crippen LogP contribution >= 0.6 is 0 Å². The zero-order chi connectivity index (χ0) is 14.4. The van der Waals surface area contributed by atoms with E-state index < -0.39 is 9.84 Å². The smallest absolute Gasteiger partial charge is 0.152 e. The Labute approximate surface area is 120 Å². The standard InChI is InChI=1S/C15H21NO3S/c1-11-9-19-13-6-4-3-5-12(13)14(11)16-15(2)7-8-20(17,18)10-15/h3-6,11,14,16H,7-10H2,1-2H3. The molecule has 0 radical (unpaired) electrons. The molecule has 0 spiro atoms. The molecule has 1 aromatic carbocycles. The van der Waals surface area contributed by atoms with E-state index in [9.17, 15) is 8.42 Å². The van der Waals surface area contributed by atoms with Gasteiger partial charge in [0.05, 0.1) is 18.1 Å². The maximum Gasteiger partial charge on any atom is 0.152 e. The van der Waals surface area contributed by atoms with Crippen LogP contribution in [0, 0.1) is 5.92 Å². The molecule has 2 heterocycles. The van der Waals surface area contributed by atoms with Gasteiger partial charge in [-0.25, -0.2) is 8.42 Å². The van der Waals surface area contributed by atoms with Crippen molar-refractivity contribution in [3.05, 3.63) is 29.8 Å². The Balaban J connectivity index is 1.87. The number of ether oxygens (including phenoxy) is 1. The van der Waals surface area contributed by atoms with Gasteiger partial charge in [0.25, 0.3) is 0 Å². The van der Waals surface area contributed by atoms with Gasteiger partial charge in [-0.15, -0.1) is 0 Å². The molecule has 1 N–H and O–H groups in total. The van der Waals surface area contributed by atoms with Crippen LogP contribution in [0.25, 0.3) is 0 Å². The molecule has 1 fully saturated rings. The first-order chi connectivity index (χ1) is 9.39. The third-order valence-electron chi connectivity index (χ3n) is 4.33. The maximum atomic E-state index is 11.8. The van der Waals surface area contributed by atoms with E-state index in [1.54, 1.807) is 0 Å². The van der Waals surface area contributed by atoms with Gasteiger partial charge in [0.2, 0.25) is 0 Å². The van der Waals surface area contributed by atoms with E-state index in [2.05, 4.69) is 18.3 Å². The second kappa shape index (κ2) is 4.74. The summed E-state index contributed by atoms with van der Waals surface area (Å²) < 4.78 is 29.2. The summed E-state index contributed by atoms with van der Waals surface area (Å²) in [7, 11) is -2.89. The predicted octanol–water partition coefficient (Wildman–Crippen LogP) is 1.92. The first kappa shape index (κ1) is 13.9. The Morgan fingerprint density at radius 1 is 1.35 bits per heavy atom. The lowest BCUT2D eigenvalue weighted by atomic mass is 9.88. The number of benzene rings is 1. The number of fused-ring (bicyclic) bond motifs is 1. The second-order valence-corrected chi connectivity index (χ2v) is 8.53. The average molecular weight is 295 g/mol. The first-order valence-corrected chi connectivity index (χ1v) is 8.91. The lowest BCUT2D eigenvalue weighted by Gasteiger charge is -2.38. The Morgan fingerprint density at radius 2 is 2.10 bits per heavy atom. The molecule has 20 heavy (non-hydrogen) atoms. The minimum atomic E-state index is -2.89. The largest absolute Gasteiger partial charge is 0.493 e. The maximum absolute atomic E-state index is 11.8. The molecule has 1 saturated heterocycles. The predicted molar refractivity (Wildman–Crippen MR) is 78.7 cm³/mol. The molecule has 2 aliphatic heterocycles. The van der Waals surface area contributed by atoms with Gasteiger partial charge in [0.1, 0.15) is 5.75 Å². The van der Waals surface area contributed by atoms with E-state index in [1.165, 1.54) is 0 Å². The number of sulfone groups is 1. The third kappa shape index (κ3) is 2.56. The van der Waals surface area contributed by atoms with Crippen molar-refractivity contribution in [2.45, 2.75) is 31.8 Å². The molecule has 0 aromatic heterocycles. The molecule has 1 aromatic rings. The molecule has 0 saturated carbocycles. The van der Waals surface area contributed by atoms with Gasteiger partial charge in [-0.2, -0.15) is 0 Å². The second-order valence-electron chi connectivity index (χ2n) is 6.35. The highest BCUT2D eigenvalue weighted by atomic mass is 32.2. The van der Waals surface area contributed by atoms with Crippen LogP contribution in [0.15, 0.2) is 24.3 Å². The van der Waals surface area contributed by atoms with E-state index in [0.717, 1.165) is 11.3 Å². The Morgan fingerprint density at radius 3 is 2.80 bits per heavy atom. The summed E-state index contributed by atoms with van der Waals surface area (Å²) in [5.74, 6) is 1.75. The van der Waals surface area contributed by atoms with Crippen molar-refractivity contribution in [3.8, 4) is 5.75 Å². The van der Waals surface area contributed by atoms with Crippen molar-refractivity contribution in [1.82, 2.24) is 5.32 Å². The van der Waals surface area contributed by atoms with Crippen LogP contribution in [0.1, 0.15) is 31.9 Å². The van der Waals surface area contributed by atoms with E-state index in [4.69, 9.17) is 4.74 Å². The van der Waals surface area contributed by atoms with Gasteiger partial charge in [-0.1, -0.05) is 25.1 Å². The zero-order valence-corrected chi connectivity index (χ0v) is 12.7. The van der Waals surface area contributed by atoms with Gasteiger partial charge in [-0.05, 0) is 19.4 Å². The van der Waals surface area contributed by atoms with Crippen LogP contribution in [0.3, 0.4) is 0 Å². The van der Waals surface area contributed by atoms with Crippen molar-refractivity contribution < 1.29 is 13.2 Å². The summed E-state index contributed by atoms with van der Waals surface area (Å²) in [6.07, 6.45) is 0.682. The molecule has 5 heteroatoms. The highest BCUT2D eigenvalue weighted by Crippen LogP contribution is 2.37. The minimum absolute atomic E-state index is 0.151. The fourth-order valence-corrected chi connectivity index (χ4v) is 5.32. The lowest BCUT2D eigenvalue weighted by molar-refractivity contribution is 0.167. The summed E-state index contributed by atoms with van der Waals surface area (Å²) >= 11 is 0. The molecular formula is C15H21NO3S. The van der Waals surface area contributed by atoms with Crippen LogP contribution in [0.5, 0.6) is 5.75 Å². The SMILES string of the molecule is CC1COc2ccccc2C1NC1(C)CCS(=O)(=O)C1. The summed E-state index contributed by atoms with van der Waals surface area (Å²) in [4.78, 5) is 0. The van der Waals surface area contributed by atoms with Gasteiger partial charge in [0, 0.05) is 23.1 Å². The monoisotopic (exact) mass is 295 g/mol. The van der Waals surface area contributed by atoms with Crippen molar-refractivity contribution in [1.29, 1.82) is 0 Å². The van der Waals surface area contributed by atoms with Gasteiger partial charge < -0.3 is 10.1 Å². The fourth-order valence-electron chi connectivity index (χ4n) is 3.21. The summed E-state index contributed by atoms with van der Waals surface area (Å²) in [5, 5.41) is 3.60. The van der Waals surface area contributed by atoms with Gasteiger partial charge in [0.15, 0.2) is 9.84 Å². The summed E-state index contributed by atoms with van der Waals surface area (Å²) in [5.41, 5.74) is 0.805. The Hall–Kier alpha value is -1.07. The van der Waals surface area contributed by atoms with E-state index >= 15 is 0 Å². The number of hydrogen-bond donors (Lipinski definition) is 1. The molecule has 4 nitrogen and oxygen atoms in total. The summed E-state index contributed by atoms with van der Waals surface area (Å²) in [6, 6.07) is 8.16. The molecule has 0 bridgehead atoms. The fraction of sp³-hybridized carbons (Fsp3) is 0.600. The number of rotatable bonds is 2. The van der Waals surface area contributed by atoms with Gasteiger partial charge >= 0.3 is 0 Å². The summed E-state index contributed by atoms with van der Waals surface area (Å²) in [6.45, 7) is 4.82. The third-order valence-corrected chi connectivity index (χ3v) is 6.24. The Kier molecular flexibility index (Phi) is 3.29. The highest BCUT2D eigenvalue weighted by Gasteiger charge is 2.41. The molecule has 0 amide bonds. The molecule has 0 aliphatic carbocycles. The number of para-hydroxylation sites is 1. The molecule has 110 valence electrons. The normalized spacial score (nSPS) is 35.3. The van der Waals surface area contributed by atoms with Crippen LogP contribution in [0.2, 0.25) is 0 Å². The van der Waals surface area contributed by atoms with E-state index in [-0.39, 0.29) is 23.1 Å². The minimum Gasteiger partial charge on any atom is -0.493 e.